The summed E-state index contributed by atoms with van der Waals surface area (Å²) in [6.45, 7) is 4.68. The Bertz CT molecular complexity index is 704. The summed E-state index contributed by atoms with van der Waals surface area (Å²) in [4.78, 5) is 17.8. The van der Waals surface area contributed by atoms with Crippen LogP contribution < -0.4 is 4.90 Å². The van der Waals surface area contributed by atoms with E-state index in [4.69, 9.17) is 5.26 Å². The van der Waals surface area contributed by atoms with E-state index in [-0.39, 0.29) is 11.6 Å². The number of carbonyl (C=O) groups is 1. The summed E-state index contributed by atoms with van der Waals surface area (Å²) in [5.74, 6) is -0.198. The molecule has 0 saturated heterocycles. The second kappa shape index (κ2) is 6.23. The molecule has 21 heavy (non-hydrogen) atoms. The molecule has 1 N–H and O–H groups in total. The molecule has 1 heterocycles. The maximum absolute atomic E-state index is 11.2. The van der Waals surface area contributed by atoms with Crippen LogP contribution >= 0.6 is 0 Å². The van der Waals surface area contributed by atoms with Gasteiger partial charge in [0.25, 0.3) is 0 Å². The van der Waals surface area contributed by atoms with Gasteiger partial charge in [0.15, 0.2) is 0 Å². The number of fused-ring (bicyclic) bond motifs is 1. The number of hydrogen-bond donors (Lipinski definition) is 1. The number of carboxylic acids is 1. The Morgan fingerprint density at radius 2 is 2.14 bits per heavy atom. The van der Waals surface area contributed by atoms with Crippen molar-refractivity contribution in [1.29, 1.82) is 5.26 Å². The molecular weight excluding hydrogens is 266 g/mol. The fraction of sp³-hybridized carbons (Fsp3) is 0.312. The Morgan fingerprint density at radius 1 is 1.38 bits per heavy atom. The van der Waals surface area contributed by atoms with Crippen molar-refractivity contribution in [3.8, 4) is 6.07 Å². The van der Waals surface area contributed by atoms with Crippen molar-refractivity contribution >= 4 is 22.7 Å². The van der Waals surface area contributed by atoms with Crippen LogP contribution in [0.1, 0.15) is 30.6 Å². The van der Waals surface area contributed by atoms with Gasteiger partial charge in [-0.1, -0.05) is 6.07 Å². The molecule has 1 aromatic heterocycles. The van der Waals surface area contributed by atoms with Crippen LogP contribution in [0.25, 0.3) is 10.9 Å². The number of rotatable bonds is 5. The lowest BCUT2D eigenvalue weighted by Crippen LogP contribution is -2.32. The summed E-state index contributed by atoms with van der Waals surface area (Å²) in [6, 6.07) is 11.0. The van der Waals surface area contributed by atoms with E-state index in [0.717, 1.165) is 5.82 Å². The average Bonchev–Trinajstić information content (AvgIpc) is 2.46. The lowest BCUT2D eigenvalue weighted by molar-refractivity contribution is 0.0699. The predicted octanol–water partition coefficient (Wildman–Crippen LogP) is 3.06. The molecule has 2 aromatic rings. The second-order valence-electron chi connectivity index (χ2n) is 5.04. The highest BCUT2D eigenvalue weighted by molar-refractivity contribution is 6.02. The van der Waals surface area contributed by atoms with Crippen LogP contribution in [0, 0.1) is 11.3 Å². The molecule has 1 aromatic carbocycles. The molecule has 0 aliphatic rings. The fourth-order valence-electron chi connectivity index (χ4n) is 2.30. The first-order chi connectivity index (χ1) is 10.0. The third-order valence-corrected chi connectivity index (χ3v) is 3.33. The van der Waals surface area contributed by atoms with E-state index in [2.05, 4.69) is 11.1 Å². The summed E-state index contributed by atoms with van der Waals surface area (Å²) in [7, 11) is 0. The Balaban J connectivity index is 2.47. The van der Waals surface area contributed by atoms with Crippen molar-refractivity contribution in [3.05, 3.63) is 35.9 Å². The largest absolute Gasteiger partial charge is 0.478 e. The molecule has 0 atom stereocenters. The maximum atomic E-state index is 11.2. The molecule has 5 heteroatoms. The van der Waals surface area contributed by atoms with Crippen LogP contribution in [0.2, 0.25) is 0 Å². The number of anilines is 1. The zero-order valence-corrected chi connectivity index (χ0v) is 12.1. The molecule has 0 aliphatic carbocycles. The molecule has 0 amide bonds. The minimum absolute atomic E-state index is 0.214. The predicted molar refractivity (Wildman–Crippen MR) is 81.4 cm³/mol. The van der Waals surface area contributed by atoms with Gasteiger partial charge in [-0.2, -0.15) is 5.26 Å². The van der Waals surface area contributed by atoms with Crippen LogP contribution in [-0.4, -0.2) is 28.6 Å². The summed E-state index contributed by atoms with van der Waals surface area (Å²) in [6.07, 6.45) is 0.424. The molecule has 0 aliphatic heterocycles. The van der Waals surface area contributed by atoms with E-state index in [1.54, 1.807) is 24.3 Å². The van der Waals surface area contributed by atoms with E-state index in [1.165, 1.54) is 0 Å². The van der Waals surface area contributed by atoms with Gasteiger partial charge >= 0.3 is 5.97 Å². The Labute approximate surface area is 123 Å². The number of hydrogen-bond acceptors (Lipinski definition) is 4. The van der Waals surface area contributed by atoms with Crippen LogP contribution in [0.4, 0.5) is 5.82 Å². The van der Waals surface area contributed by atoms with Gasteiger partial charge in [0, 0.05) is 18.0 Å². The van der Waals surface area contributed by atoms with Gasteiger partial charge in [-0.25, -0.2) is 9.78 Å². The van der Waals surface area contributed by atoms with Crippen LogP contribution in [0.5, 0.6) is 0 Å². The monoisotopic (exact) mass is 283 g/mol. The first-order valence-corrected chi connectivity index (χ1v) is 6.81. The number of aromatic nitrogens is 1. The minimum atomic E-state index is -0.958. The van der Waals surface area contributed by atoms with Gasteiger partial charge in [-0.15, -0.1) is 0 Å². The molecule has 0 fully saturated rings. The third-order valence-electron chi connectivity index (χ3n) is 3.33. The number of pyridine rings is 1. The number of nitrogens with zero attached hydrogens (tertiary/aromatic N) is 3. The quantitative estimate of drug-likeness (QED) is 0.912. The Morgan fingerprint density at radius 3 is 2.76 bits per heavy atom. The lowest BCUT2D eigenvalue weighted by Gasteiger charge is -2.27. The molecule has 0 bridgehead atoms. The van der Waals surface area contributed by atoms with Crippen molar-refractivity contribution in [3.63, 3.8) is 0 Å². The molecule has 108 valence electrons. The maximum Gasteiger partial charge on any atom is 0.336 e. The summed E-state index contributed by atoms with van der Waals surface area (Å²) in [5, 5.41) is 18.6. The third kappa shape index (κ3) is 3.11. The summed E-state index contributed by atoms with van der Waals surface area (Å²) < 4.78 is 0. The molecule has 2 rings (SSSR count). The topological polar surface area (TPSA) is 77.2 Å². The van der Waals surface area contributed by atoms with E-state index in [0.29, 0.717) is 23.9 Å². The number of carboxylic acid groups (broad SMARTS) is 1. The lowest BCUT2D eigenvalue weighted by atomic mass is 10.1. The standard InChI is InChI=1S/C16H17N3O2/c1-11(2)19(10-4-9-17)15-8-7-12-13(16(20)21)5-3-6-14(12)18-15/h3,5-8,11H,4,10H2,1-2H3,(H,20,21). The fourth-order valence-corrected chi connectivity index (χ4v) is 2.30. The number of benzene rings is 1. The van der Waals surface area contributed by atoms with Gasteiger partial charge in [0.2, 0.25) is 0 Å². The van der Waals surface area contributed by atoms with E-state index in [1.807, 2.05) is 24.8 Å². The molecule has 0 unspecified atom stereocenters. The summed E-state index contributed by atoms with van der Waals surface area (Å²) >= 11 is 0. The minimum Gasteiger partial charge on any atom is -0.478 e. The van der Waals surface area contributed by atoms with Gasteiger partial charge in [0.1, 0.15) is 5.82 Å². The second-order valence-corrected chi connectivity index (χ2v) is 5.04. The van der Waals surface area contributed by atoms with Crippen molar-refractivity contribution in [1.82, 2.24) is 4.98 Å². The Kier molecular flexibility index (Phi) is 4.39. The zero-order chi connectivity index (χ0) is 15.4. The molecule has 0 saturated carbocycles. The van der Waals surface area contributed by atoms with Gasteiger partial charge < -0.3 is 10.0 Å². The highest BCUT2D eigenvalue weighted by Crippen LogP contribution is 2.22. The van der Waals surface area contributed by atoms with Gasteiger partial charge in [0.05, 0.1) is 23.6 Å². The van der Waals surface area contributed by atoms with Crippen molar-refractivity contribution in [2.24, 2.45) is 0 Å². The van der Waals surface area contributed by atoms with Crippen molar-refractivity contribution in [2.75, 3.05) is 11.4 Å². The van der Waals surface area contributed by atoms with E-state index in [9.17, 15) is 9.90 Å². The molecule has 0 radical (unpaired) electrons. The number of aromatic carboxylic acids is 1. The summed E-state index contributed by atoms with van der Waals surface area (Å²) in [5.41, 5.74) is 0.898. The van der Waals surface area contributed by atoms with Crippen LogP contribution in [0.15, 0.2) is 30.3 Å². The first kappa shape index (κ1) is 14.8. The Hall–Kier alpha value is -2.61. The molecule has 5 nitrogen and oxygen atoms in total. The normalized spacial score (nSPS) is 10.6. The van der Waals surface area contributed by atoms with Crippen molar-refractivity contribution in [2.45, 2.75) is 26.3 Å². The molecular formula is C16H17N3O2. The van der Waals surface area contributed by atoms with E-state index < -0.39 is 5.97 Å². The smallest absolute Gasteiger partial charge is 0.336 e. The van der Waals surface area contributed by atoms with Crippen LogP contribution in [0.3, 0.4) is 0 Å². The average molecular weight is 283 g/mol. The van der Waals surface area contributed by atoms with Gasteiger partial charge in [-0.05, 0) is 38.1 Å². The van der Waals surface area contributed by atoms with Crippen LogP contribution in [-0.2, 0) is 0 Å². The van der Waals surface area contributed by atoms with Crippen molar-refractivity contribution < 1.29 is 9.90 Å². The first-order valence-electron chi connectivity index (χ1n) is 6.81. The van der Waals surface area contributed by atoms with E-state index >= 15 is 0 Å². The number of nitriles is 1. The molecule has 0 spiro atoms. The SMILES string of the molecule is CC(C)N(CCC#N)c1ccc2c(C(=O)O)cccc2n1. The van der Waals surface area contributed by atoms with Gasteiger partial charge in [-0.3, -0.25) is 0 Å². The highest BCUT2D eigenvalue weighted by Gasteiger charge is 2.14. The highest BCUT2D eigenvalue weighted by atomic mass is 16.4. The zero-order valence-electron chi connectivity index (χ0n) is 12.1.